The Balaban J connectivity index is 1.40. The predicted octanol–water partition coefficient (Wildman–Crippen LogP) is 2.07. The molecule has 0 spiro atoms. The summed E-state index contributed by atoms with van der Waals surface area (Å²) in [4.78, 5) is 28.9. The van der Waals surface area contributed by atoms with Crippen molar-refractivity contribution >= 4 is 11.8 Å². The first-order valence-corrected chi connectivity index (χ1v) is 10.0. The molecule has 5 heteroatoms. The van der Waals surface area contributed by atoms with Crippen molar-refractivity contribution in [3.8, 4) is 0 Å². The highest BCUT2D eigenvalue weighted by Gasteiger charge is 2.23. The monoisotopic (exact) mass is 357 g/mol. The van der Waals surface area contributed by atoms with Gasteiger partial charge >= 0.3 is 0 Å². The first-order chi connectivity index (χ1) is 12.7. The number of carbonyl (C=O) groups is 2. The second-order valence-corrected chi connectivity index (χ2v) is 7.50. The smallest absolute Gasteiger partial charge is 0.222 e. The molecule has 0 saturated carbocycles. The average molecular weight is 357 g/mol. The van der Waals surface area contributed by atoms with Crippen molar-refractivity contribution in [2.24, 2.45) is 5.92 Å². The van der Waals surface area contributed by atoms with Gasteiger partial charge in [-0.15, -0.1) is 0 Å². The highest BCUT2D eigenvalue weighted by Crippen LogP contribution is 2.16. The van der Waals surface area contributed by atoms with Gasteiger partial charge in [-0.1, -0.05) is 30.3 Å². The topological polar surface area (TPSA) is 52.7 Å². The summed E-state index contributed by atoms with van der Waals surface area (Å²) in [5.74, 6) is 1.12. The molecule has 0 bridgehead atoms. The molecular weight excluding hydrogens is 326 g/mol. The fourth-order valence-electron chi connectivity index (χ4n) is 3.92. The Morgan fingerprint density at radius 3 is 2.31 bits per heavy atom. The lowest BCUT2D eigenvalue weighted by Gasteiger charge is -2.22. The number of nitrogens with zero attached hydrogens (tertiary/aromatic N) is 2. The molecule has 142 valence electrons. The van der Waals surface area contributed by atoms with E-state index in [4.69, 9.17) is 0 Å². The Labute approximate surface area is 156 Å². The molecule has 5 nitrogen and oxygen atoms in total. The molecule has 2 saturated heterocycles. The maximum atomic E-state index is 12.5. The van der Waals surface area contributed by atoms with Gasteiger partial charge in [-0.25, -0.2) is 0 Å². The Morgan fingerprint density at radius 1 is 0.962 bits per heavy atom. The van der Waals surface area contributed by atoms with Crippen molar-refractivity contribution < 1.29 is 9.59 Å². The van der Waals surface area contributed by atoms with Crippen LogP contribution in [0, 0.1) is 5.92 Å². The van der Waals surface area contributed by atoms with Crippen LogP contribution in [-0.4, -0.2) is 60.9 Å². The van der Waals surface area contributed by atoms with Crippen LogP contribution in [0.4, 0.5) is 0 Å². The second-order valence-electron chi connectivity index (χ2n) is 7.50. The lowest BCUT2D eigenvalue weighted by Crippen LogP contribution is -2.37. The molecule has 2 aliphatic rings. The van der Waals surface area contributed by atoms with Crippen LogP contribution in [0.15, 0.2) is 30.3 Å². The average Bonchev–Trinajstić information content (AvgIpc) is 3.07. The van der Waals surface area contributed by atoms with E-state index in [9.17, 15) is 9.59 Å². The molecule has 0 aliphatic carbocycles. The zero-order valence-corrected chi connectivity index (χ0v) is 15.7. The first kappa shape index (κ1) is 18.9. The molecule has 1 atom stereocenters. The Bertz CT molecular complexity index is 584. The van der Waals surface area contributed by atoms with Crippen LogP contribution in [0.3, 0.4) is 0 Å². The zero-order chi connectivity index (χ0) is 18.2. The maximum absolute atomic E-state index is 12.5. The van der Waals surface area contributed by atoms with Gasteiger partial charge in [0.1, 0.15) is 0 Å². The van der Waals surface area contributed by atoms with Crippen LogP contribution >= 0.6 is 0 Å². The summed E-state index contributed by atoms with van der Waals surface area (Å²) in [7, 11) is 0. The van der Waals surface area contributed by atoms with Gasteiger partial charge in [0.15, 0.2) is 0 Å². The molecule has 26 heavy (non-hydrogen) atoms. The van der Waals surface area contributed by atoms with Crippen LogP contribution in [-0.2, 0) is 16.0 Å². The van der Waals surface area contributed by atoms with Crippen molar-refractivity contribution in [2.45, 2.75) is 38.5 Å². The van der Waals surface area contributed by atoms with Gasteiger partial charge in [-0.3, -0.25) is 9.59 Å². The van der Waals surface area contributed by atoms with Crippen LogP contribution < -0.4 is 5.32 Å². The predicted molar refractivity (Wildman–Crippen MR) is 103 cm³/mol. The lowest BCUT2D eigenvalue weighted by molar-refractivity contribution is -0.133. The lowest BCUT2D eigenvalue weighted by atomic mass is 10.0. The molecular formula is C21H31N3O2. The molecule has 2 aliphatic heterocycles. The number of rotatable bonds is 6. The third-order valence-corrected chi connectivity index (χ3v) is 5.60. The van der Waals surface area contributed by atoms with E-state index >= 15 is 0 Å². The van der Waals surface area contributed by atoms with E-state index < -0.39 is 0 Å². The third-order valence-electron chi connectivity index (χ3n) is 5.60. The van der Waals surface area contributed by atoms with Crippen molar-refractivity contribution in [3.05, 3.63) is 35.9 Å². The summed E-state index contributed by atoms with van der Waals surface area (Å²) >= 11 is 0. The second kappa shape index (κ2) is 9.72. The van der Waals surface area contributed by atoms with Gasteiger partial charge in [-0.05, 0) is 50.3 Å². The molecule has 1 aromatic rings. The normalized spacial score (nSPS) is 20.8. The Hall–Kier alpha value is -1.88. The van der Waals surface area contributed by atoms with E-state index in [0.717, 1.165) is 45.4 Å². The van der Waals surface area contributed by atoms with Crippen LogP contribution in [0.2, 0.25) is 0 Å². The van der Waals surface area contributed by atoms with E-state index in [1.54, 1.807) is 0 Å². The number of hydrogen-bond donors (Lipinski definition) is 1. The van der Waals surface area contributed by atoms with Crippen LogP contribution in [0.1, 0.15) is 37.7 Å². The number of amides is 2. The fourth-order valence-corrected chi connectivity index (χ4v) is 3.92. The molecule has 1 N–H and O–H groups in total. The van der Waals surface area contributed by atoms with E-state index in [2.05, 4.69) is 17.4 Å². The summed E-state index contributed by atoms with van der Waals surface area (Å²) < 4.78 is 0. The van der Waals surface area contributed by atoms with Crippen molar-refractivity contribution in [1.82, 2.24) is 15.1 Å². The molecule has 2 heterocycles. The standard InChI is InChI=1S/C21H31N3O2/c25-20(9-7-18-5-2-1-3-6-18)23-13-4-14-24(16-15-23)21(26)10-8-19-11-12-22-17-19/h1-3,5-6,19,22H,4,7-17H2. The highest BCUT2D eigenvalue weighted by molar-refractivity contribution is 5.78. The van der Waals surface area contributed by atoms with Crippen molar-refractivity contribution in [1.29, 1.82) is 0 Å². The minimum atomic E-state index is 0.209. The third kappa shape index (κ3) is 5.56. The maximum Gasteiger partial charge on any atom is 0.222 e. The van der Waals surface area contributed by atoms with Gasteiger partial charge in [0.25, 0.3) is 0 Å². The molecule has 0 aromatic heterocycles. The molecule has 1 unspecified atom stereocenters. The van der Waals surface area contributed by atoms with E-state index in [1.807, 2.05) is 28.0 Å². The Morgan fingerprint density at radius 2 is 1.65 bits per heavy atom. The zero-order valence-electron chi connectivity index (χ0n) is 15.7. The minimum absolute atomic E-state index is 0.209. The SMILES string of the molecule is O=C(CCc1ccccc1)N1CCCN(C(=O)CCC2CCNC2)CC1. The largest absolute Gasteiger partial charge is 0.341 e. The number of nitrogens with one attached hydrogen (secondary N) is 1. The summed E-state index contributed by atoms with van der Waals surface area (Å²) in [6, 6.07) is 10.1. The summed E-state index contributed by atoms with van der Waals surface area (Å²) in [6.07, 6.45) is 5.04. The van der Waals surface area contributed by atoms with Gasteiger partial charge in [0.05, 0.1) is 0 Å². The molecule has 3 rings (SSSR count). The van der Waals surface area contributed by atoms with Gasteiger partial charge in [-0.2, -0.15) is 0 Å². The molecule has 2 fully saturated rings. The van der Waals surface area contributed by atoms with E-state index in [-0.39, 0.29) is 11.8 Å². The summed E-state index contributed by atoms with van der Waals surface area (Å²) in [5.41, 5.74) is 1.20. The number of aryl methyl sites for hydroxylation is 1. The first-order valence-electron chi connectivity index (χ1n) is 10.0. The van der Waals surface area contributed by atoms with Crippen LogP contribution in [0.25, 0.3) is 0 Å². The van der Waals surface area contributed by atoms with Crippen LogP contribution in [0.5, 0.6) is 0 Å². The van der Waals surface area contributed by atoms with Gasteiger partial charge in [0, 0.05) is 39.0 Å². The number of carbonyl (C=O) groups excluding carboxylic acids is 2. The van der Waals surface area contributed by atoms with E-state index in [1.165, 1.54) is 12.0 Å². The summed E-state index contributed by atoms with van der Waals surface area (Å²) in [6.45, 7) is 5.04. The number of hydrogen-bond acceptors (Lipinski definition) is 3. The Kier molecular flexibility index (Phi) is 7.06. The molecule has 1 aromatic carbocycles. The van der Waals surface area contributed by atoms with Crippen molar-refractivity contribution in [2.75, 3.05) is 39.3 Å². The van der Waals surface area contributed by atoms with Crippen molar-refractivity contribution in [3.63, 3.8) is 0 Å². The quantitative estimate of drug-likeness (QED) is 0.848. The number of benzene rings is 1. The van der Waals surface area contributed by atoms with E-state index in [0.29, 0.717) is 31.8 Å². The molecule has 2 amide bonds. The summed E-state index contributed by atoms with van der Waals surface area (Å²) in [5, 5.41) is 3.36. The highest BCUT2D eigenvalue weighted by atomic mass is 16.2. The fraction of sp³-hybridized carbons (Fsp3) is 0.619. The molecule has 0 radical (unpaired) electrons. The van der Waals surface area contributed by atoms with Gasteiger partial charge < -0.3 is 15.1 Å². The van der Waals surface area contributed by atoms with Gasteiger partial charge in [0.2, 0.25) is 11.8 Å². The minimum Gasteiger partial charge on any atom is -0.341 e.